The summed E-state index contributed by atoms with van der Waals surface area (Å²) in [4.78, 5) is 157. The first-order valence-corrected chi connectivity index (χ1v) is 40.6. The number of imide groups is 1. The van der Waals surface area contributed by atoms with Crippen LogP contribution in [0.5, 0.6) is 0 Å². The number of para-hydroxylation sites is 1. The molecule has 2 fully saturated rings. The monoisotopic (exact) mass is 1580 g/mol. The van der Waals surface area contributed by atoms with Gasteiger partial charge in [0.15, 0.2) is 16.6 Å². The number of aliphatic carboxylic acids is 1. The Bertz CT molecular complexity index is 4620. The summed E-state index contributed by atoms with van der Waals surface area (Å²) in [6.45, 7) is 12.8. The number of aromatic carboxylic acids is 1. The summed E-state index contributed by atoms with van der Waals surface area (Å²) in [7, 11) is -4.54. The van der Waals surface area contributed by atoms with Gasteiger partial charge in [0.25, 0.3) is 27.8 Å². The van der Waals surface area contributed by atoms with Crippen molar-refractivity contribution in [2.24, 2.45) is 40.2 Å². The molecule has 2 aliphatic heterocycles. The number of anilines is 2. The number of carboxylic acids is 2. The van der Waals surface area contributed by atoms with Crippen LogP contribution in [0.15, 0.2) is 97.2 Å². The molecule has 2 bridgehead atoms. The largest absolute Gasteiger partial charge is 0.481 e. The van der Waals surface area contributed by atoms with Crippen LogP contribution in [-0.2, 0) is 85.7 Å². The van der Waals surface area contributed by atoms with Gasteiger partial charge in [-0.25, -0.2) is 24.4 Å². The zero-order chi connectivity index (χ0) is 80.8. The smallest absolute Gasteiger partial charge is 0.410 e. The third-order valence-corrected chi connectivity index (χ3v) is 23.4. The molecule has 0 spiro atoms. The van der Waals surface area contributed by atoms with Gasteiger partial charge in [-0.1, -0.05) is 101 Å². The Morgan fingerprint density at radius 3 is 2.26 bits per heavy atom. The average molecular weight is 1580 g/mol. The molecular formula is C81H101N11O18S2. The second kappa shape index (κ2) is 37.0. The van der Waals surface area contributed by atoms with Crippen molar-refractivity contribution in [3.63, 3.8) is 0 Å². The maximum absolute atomic E-state index is 14.2. The number of ether oxygens (including phenoxy) is 2. The number of unbranched alkanes of at least 4 members (excludes halogenated alkanes) is 2. The highest BCUT2D eigenvalue weighted by molar-refractivity contribution is 7.85. The first kappa shape index (κ1) is 84.3. The maximum atomic E-state index is 14.2. The van der Waals surface area contributed by atoms with E-state index in [0.29, 0.717) is 96.9 Å². The lowest BCUT2D eigenvalue weighted by Gasteiger charge is -2.58. The molecule has 8 N–H and O–H groups in total. The number of urea groups is 1. The summed E-state index contributed by atoms with van der Waals surface area (Å²) < 4.78 is 49.8. The molecule has 5 heterocycles. The van der Waals surface area contributed by atoms with E-state index in [-0.39, 0.29) is 107 Å². The lowest BCUT2D eigenvalue weighted by molar-refractivity contribution is -0.179. The van der Waals surface area contributed by atoms with Gasteiger partial charge < -0.3 is 45.9 Å². The summed E-state index contributed by atoms with van der Waals surface area (Å²) in [5, 5.41) is 33.9. The maximum Gasteiger partial charge on any atom is 0.410 e. The number of hydrogen-bond donors (Lipinski definition) is 7. The second-order valence-corrected chi connectivity index (χ2v) is 34.2. The van der Waals surface area contributed by atoms with Crippen LogP contribution in [0.3, 0.4) is 0 Å². The van der Waals surface area contributed by atoms with Crippen LogP contribution in [0.2, 0.25) is 0 Å². The standard InChI is InChI=1S/C81H101N11O18S2/c1-50(2)60(40-65(94)56(24-29-71(98)99)39-57(93)15-8-7-11-32-91-69(96)27-28-70(91)97)74(101)85-63(18-13-31-83-76(82)104)66(95)38-53-20-22-54(23-21-53)45-109-78(105)89(35-37-112(106,107)108)34-36-110-81-42-51(3)41-79(5,47-81)46-80(6,48-81)49-92-52(4)61(43-84-92)58-25-26-68(87-72(58)75(102)103)90-33-30-55-14-12-16-59(62(55)44-90)73(100)88-77-86-64-17-9-10-19-67(64)111-77/h9-10,12,14,16-17,19-23,25-28,43,50-51,56,60,63H,7-8,11,13,15,18,24,29-42,44-49H2,1-6H3,(H,85,101)(H,98,99)(H,102,103)(H3,82,83,104)(H,86,88,100)(H,106,107,108)/t51?,56-,60+,63+,79?,80?,81?/m1/s1. The van der Waals surface area contributed by atoms with E-state index in [1.54, 1.807) is 62.5 Å². The van der Waals surface area contributed by atoms with Crippen molar-refractivity contribution in [1.29, 1.82) is 0 Å². The molecule has 4 unspecified atom stereocenters. The number of nitrogens with zero attached hydrogens (tertiary/aromatic N) is 7. The van der Waals surface area contributed by atoms with E-state index < -0.39 is 117 Å². The molecule has 2 saturated carbocycles. The number of Topliss-reactive ketones (excluding diaryl/α,β-unsaturated/α-hetero) is 3. The number of thiazole rings is 1. The Hall–Kier alpha value is -10.1. The highest BCUT2D eigenvalue weighted by atomic mass is 32.2. The van der Waals surface area contributed by atoms with Crippen molar-refractivity contribution in [2.75, 3.05) is 55.3 Å². The second-order valence-electron chi connectivity index (χ2n) is 31.6. The highest BCUT2D eigenvalue weighted by Gasteiger charge is 2.56. The highest BCUT2D eigenvalue weighted by Crippen LogP contribution is 2.60. The molecule has 2 aliphatic carbocycles. The molecule has 6 aromatic rings. The van der Waals surface area contributed by atoms with Gasteiger partial charge in [-0.15, -0.1) is 0 Å². The SMILES string of the molecule is Cc1c(-c2ccc(N3CCc4cccc(C(=O)Nc5nc6ccccc6s5)c4C3)nc2C(=O)O)cnn1CC1(C)CC2(C)CC(C)CC(OCCN(CCS(=O)(=O)O)C(=O)OCc3ccc(CC(=O)[C@H](CCCNC(N)=O)NC(=O)[C@@H](CC(=O)[C@H](CCC(=O)O)CC(=O)CCCCCN4C(=O)C=CC4=O)C(C)C)cc3)(C2)C1. The third kappa shape index (κ3) is 22.6. The Balaban J connectivity index is 0.744. The molecule has 31 heteroatoms. The number of benzene rings is 3. The third-order valence-electron chi connectivity index (χ3n) is 21.8. The number of carbonyl (C=O) groups is 11. The number of pyridine rings is 1. The molecule has 10 rings (SSSR count). The first-order chi connectivity index (χ1) is 53.1. The topological polar surface area (TPSA) is 416 Å². The molecule has 0 radical (unpaired) electrons. The molecule has 3 aromatic carbocycles. The molecule has 3 aromatic heterocycles. The number of aromatic nitrogens is 4. The molecule has 112 heavy (non-hydrogen) atoms. The first-order valence-electron chi connectivity index (χ1n) is 38.2. The number of carboxylic acid groups (broad SMARTS) is 2. The minimum absolute atomic E-state index is 0.00532. The van der Waals surface area contributed by atoms with Crippen LogP contribution in [0, 0.1) is 41.4 Å². The van der Waals surface area contributed by atoms with E-state index in [0.717, 1.165) is 51.2 Å². The van der Waals surface area contributed by atoms with Crippen LogP contribution in [0.4, 0.5) is 20.5 Å². The number of hydrogen-bond acceptors (Lipinski definition) is 20. The Morgan fingerprint density at radius 2 is 1.55 bits per heavy atom. The summed E-state index contributed by atoms with van der Waals surface area (Å²) in [5.41, 5.74) is 9.80. The van der Waals surface area contributed by atoms with E-state index in [9.17, 15) is 75.9 Å². The van der Waals surface area contributed by atoms with Gasteiger partial charge in [-0.2, -0.15) is 13.5 Å². The van der Waals surface area contributed by atoms with Crippen molar-refractivity contribution < 1.29 is 85.4 Å². The fourth-order valence-electron chi connectivity index (χ4n) is 17.0. The molecular weight excluding hydrogens is 1480 g/mol. The number of carbonyl (C=O) groups excluding carboxylic acids is 9. The zero-order valence-electron chi connectivity index (χ0n) is 64.2. The van der Waals surface area contributed by atoms with Crippen LogP contribution in [-0.4, -0.2) is 174 Å². The van der Waals surface area contributed by atoms with Gasteiger partial charge >= 0.3 is 24.1 Å². The van der Waals surface area contributed by atoms with Crippen molar-refractivity contribution in [3.05, 3.63) is 136 Å². The minimum Gasteiger partial charge on any atom is -0.481 e. The summed E-state index contributed by atoms with van der Waals surface area (Å²) >= 11 is 1.39. The van der Waals surface area contributed by atoms with Crippen molar-refractivity contribution in [1.82, 2.24) is 40.2 Å². The fourth-order valence-corrected chi connectivity index (χ4v) is 18.3. The zero-order valence-corrected chi connectivity index (χ0v) is 65.8. The van der Waals surface area contributed by atoms with Crippen LogP contribution >= 0.6 is 11.3 Å². The predicted molar refractivity (Wildman–Crippen MR) is 417 cm³/mol. The van der Waals surface area contributed by atoms with Gasteiger partial charge in [0.1, 0.15) is 24.0 Å². The summed E-state index contributed by atoms with van der Waals surface area (Å²) in [6.07, 6.45) is 8.01. The predicted octanol–water partition coefficient (Wildman–Crippen LogP) is 10.5. The van der Waals surface area contributed by atoms with Crippen LogP contribution < -0.4 is 26.6 Å². The van der Waals surface area contributed by atoms with Crippen molar-refractivity contribution >= 4 is 108 Å². The number of rotatable bonds is 40. The number of amides is 7. The molecule has 0 saturated heterocycles. The molecule has 7 atom stereocenters. The Labute approximate surface area is 655 Å². The van der Waals surface area contributed by atoms with Gasteiger partial charge in [-0.3, -0.25) is 57.8 Å². The quantitative estimate of drug-likeness (QED) is 0.0107. The Morgan fingerprint density at radius 1 is 0.812 bits per heavy atom. The van der Waals surface area contributed by atoms with E-state index in [1.807, 2.05) is 52.9 Å². The molecule has 29 nitrogen and oxygen atoms in total. The van der Waals surface area contributed by atoms with Gasteiger partial charge in [-0.05, 0) is 153 Å². The number of fused-ring (bicyclic) bond motifs is 4. The van der Waals surface area contributed by atoms with E-state index in [2.05, 4.69) is 41.7 Å². The molecule has 600 valence electrons. The van der Waals surface area contributed by atoms with Crippen LogP contribution in [0.1, 0.15) is 180 Å². The fraction of sp³-hybridized carbons (Fsp3) is 0.506. The van der Waals surface area contributed by atoms with E-state index >= 15 is 0 Å². The molecule has 7 amide bonds. The van der Waals surface area contributed by atoms with Crippen molar-refractivity contribution in [3.8, 4) is 11.1 Å². The number of primary amides is 1. The Kier molecular flexibility index (Phi) is 27.9. The lowest BCUT2D eigenvalue weighted by atomic mass is 9.51. The number of nitrogens with one attached hydrogen (secondary N) is 3. The minimum atomic E-state index is -4.54. The van der Waals surface area contributed by atoms with Gasteiger partial charge in [0.05, 0.1) is 40.4 Å². The number of nitrogens with two attached hydrogens (primary N) is 1. The lowest BCUT2D eigenvalue weighted by Crippen LogP contribution is -2.55. The van der Waals surface area contributed by atoms with Crippen molar-refractivity contribution in [2.45, 2.75) is 182 Å². The van der Waals surface area contributed by atoms with E-state index in [4.69, 9.17) is 25.3 Å². The molecule has 4 aliphatic rings. The van der Waals surface area contributed by atoms with Crippen LogP contribution in [0.25, 0.3) is 21.3 Å². The normalized spacial score (nSPS) is 19.6. The number of ketones is 3. The summed E-state index contributed by atoms with van der Waals surface area (Å²) in [5.74, 6) is -7.76. The summed E-state index contributed by atoms with van der Waals surface area (Å²) in [6, 6.07) is 21.5. The average Bonchev–Trinajstić information content (AvgIpc) is 0.886. The van der Waals surface area contributed by atoms with Gasteiger partial charge in [0, 0.05) is 124 Å². The van der Waals surface area contributed by atoms with E-state index in [1.165, 1.54) is 28.4 Å². The van der Waals surface area contributed by atoms with Gasteiger partial charge in [0.2, 0.25) is 5.91 Å².